The molecule has 0 unspecified atom stereocenters. The molecule has 0 aliphatic heterocycles. The molecule has 0 radical (unpaired) electrons. The molecule has 57 heavy (non-hydrogen) atoms. The van der Waals surface area contributed by atoms with Gasteiger partial charge in [-0.05, 0) is 59.7 Å². The first kappa shape index (κ1) is 31.9. The van der Waals surface area contributed by atoms with E-state index in [9.17, 15) is 0 Å². The fourth-order valence-corrected chi connectivity index (χ4v) is 9.66. The van der Waals surface area contributed by atoms with Crippen LogP contribution in [0.25, 0.3) is 115 Å². The van der Waals surface area contributed by atoms with Crippen molar-refractivity contribution in [2.75, 3.05) is 0 Å². The van der Waals surface area contributed by atoms with E-state index >= 15 is 0 Å². The topological polar surface area (TPSA) is 56.7 Å². The second-order valence-corrected chi connectivity index (χ2v) is 15.4. The Balaban J connectivity index is 1.21. The zero-order chi connectivity index (χ0) is 37.5. The maximum atomic E-state index is 6.46. The summed E-state index contributed by atoms with van der Waals surface area (Å²) in [4.78, 5) is 15.6. The van der Waals surface area contributed by atoms with Gasteiger partial charge in [-0.3, -0.25) is 0 Å². The maximum Gasteiger partial charge on any atom is 0.165 e. The van der Waals surface area contributed by atoms with Crippen molar-refractivity contribution in [2.24, 2.45) is 0 Å². The summed E-state index contributed by atoms with van der Waals surface area (Å²) in [7, 11) is 0. The normalized spacial score (nSPS) is 11.9. The van der Waals surface area contributed by atoms with E-state index in [4.69, 9.17) is 19.4 Å². The molecular formula is C51H30N4OS. The lowest BCUT2D eigenvalue weighted by Gasteiger charge is -2.13. The number of aromatic nitrogens is 4. The fourth-order valence-electron chi connectivity index (χ4n) is 8.45. The highest BCUT2D eigenvalue weighted by Gasteiger charge is 2.23. The molecule has 12 aromatic rings. The lowest BCUT2D eigenvalue weighted by Crippen LogP contribution is -2.01. The molecule has 0 saturated carbocycles. The van der Waals surface area contributed by atoms with Crippen molar-refractivity contribution in [2.45, 2.75) is 0 Å². The molecule has 0 bridgehead atoms. The molecule has 5 nitrogen and oxygen atoms in total. The molecule has 0 atom stereocenters. The Bertz CT molecular complexity index is 3460. The van der Waals surface area contributed by atoms with Gasteiger partial charge in [0.1, 0.15) is 11.2 Å². The largest absolute Gasteiger partial charge is 0.456 e. The van der Waals surface area contributed by atoms with Crippen molar-refractivity contribution in [3.05, 3.63) is 182 Å². The second kappa shape index (κ2) is 12.6. The van der Waals surface area contributed by atoms with Gasteiger partial charge in [0.25, 0.3) is 0 Å². The summed E-state index contributed by atoms with van der Waals surface area (Å²) in [6.07, 6.45) is 0. The number of nitrogens with zero attached hydrogens (tertiary/aromatic N) is 4. The summed E-state index contributed by atoms with van der Waals surface area (Å²) in [5.74, 6) is 1.89. The minimum atomic E-state index is 0.626. The highest BCUT2D eigenvalue weighted by molar-refractivity contribution is 7.26. The van der Waals surface area contributed by atoms with Gasteiger partial charge < -0.3 is 8.98 Å². The van der Waals surface area contributed by atoms with Gasteiger partial charge in [-0.25, -0.2) is 15.0 Å². The van der Waals surface area contributed by atoms with E-state index in [2.05, 4.69) is 144 Å². The van der Waals surface area contributed by atoms with Gasteiger partial charge in [-0.1, -0.05) is 133 Å². The van der Waals surface area contributed by atoms with E-state index in [1.54, 1.807) is 11.3 Å². The molecule has 6 heteroatoms. The van der Waals surface area contributed by atoms with Gasteiger partial charge in [-0.15, -0.1) is 11.3 Å². The molecule has 0 amide bonds. The van der Waals surface area contributed by atoms with Crippen LogP contribution in [0.2, 0.25) is 0 Å². The highest BCUT2D eigenvalue weighted by Crippen LogP contribution is 2.47. The van der Waals surface area contributed by atoms with Gasteiger partial charge in [0, 0.05) is 64.1 Å². The van der Waals surface area contributed by atoms with Crippen molar-refractivity contribution in [1.29, 1.82) is 0 Å². The number of fused-ring (bicyclic) bond motifs is 10. The van der Waals surface area contributed by atoms with Gasteiger partial charge in [-0.2, -0.15) is 0 Å². The number of benzene rings is 8. The van der Waals surface area contributed by atoms with Crippen LogP contribution in [0.4, 0.5) is 0 Å². The Kier molecular flexibility index (Phi) is 7.03. The smallest absolute Gasteiger partial charge is 0.165 e. The average Bonchev–Trinajstić information content (AvgIpc) is 3.96. The monoisotopic (exact) mass is 746 g/mol. The predicted molar refractivity (Wildman–Crippen MR) is 236 cm³/mol. The van der Waals surface area contributed by atoms with Crippen molar-refractivity contribution in [1.82, 2.24) is 19.5 Å². The van der Waals surface area contributed by atoms with Crippen LogP contribution < -0.4 is 0 Å². The Labute approximate surface area is 330 Å². The molecule has 8 aromatic carbocycles. The summed E-state index contributed by atoms with van der Waals surface area (Å²) in [5.41, 5.74) is 10.2. The molecule has 0 spiro atoms. The summed E-state index contributed by atoms with van der Waals surface area (Å²) in [5, 5.41) is 6.93. The Morgan fingerprint density at radius 1 is 0.404 bits per heavy atom. The molecule has 4 aromatic heterocycles. The van der Waals surface area contributed by atoms with E-state index in [0.717, 1.165) is 65.4 Å². The summed E-state index contributed by atoms with van der Waals surface area (Å²) < 4.78 is 11.1. The van der Waals surface area contributed by atoms with Crippen molar-refractivity contribution in [3.8, 4) is 51.0 Å². The fraction of sp³-hybridized carbons (Fsp3) is 0. The number of hydrogen-bond acceptors (Lipinski definition) is 5. The Morgan fingerprint density at radius 3 is 1.75 bits per heavy atom. The lowest BCUT2D eigenvalue weighted by atomic mass is 10.0. The van der Waals surface area contributed by atoms with Crippen LogP contribution in [0.3, 0.4) is 0 Å². The van der Waals surface area contributed by atoms with E-state index in [1.807, 2.05) is 42.5 Å². The summed E-state index contributed by atoms with van der Waals surface area (Å²) >= 11 is 1.77. The number of hydrogen-bond donors (Lipinski definition) is 0. The summed E-state index contributed by atoms with van der Waals surface area (Å²) in [6.45, 7) is 0. The van der Waals surface area contributed by atoms with E-state index in [0.29, 0.717) is 17.5 Å². The van der Waals surface area contributed by atoms with Gasteiger partial charge in [0.05, 0.1) is 11.0 Å². The number of furan rings is 1. The lowest BCUT2D eigenvalue weighted by molar-refractivity contribution is 0.669. The highest BCUT2D eigenvalue weighted by atomic mass is 32.1. The van der Waals surface area contributed by atoms with E-state index < -0.39 is 0 Å². The molecule has 266 valence electrons. The number of rotatable bonds is 5. The zero-order valence-corrected chi connectivity index (χ0v) is 31.2. The zero-order valence-electron chi connectivity index (χ0n) is 30.4. The number of para-hydroxylation sites is 2. The maximum absolute atomic E-state index is 6.46. The molecule has 0 fully saturated rings. The standard InChI is InChI=1S/C51H30N4OS/c1-4-14-31(15-5-1)34-24-25-42-38(28-34)36-20-10-12-22-41(36)55(42)35-29-39-47-45(27-26-44-46(47)37-21-11-13-23-43(37)56-44)57-48(39)40(30-35)51-53-49(32-16-6-2-7-17-32)52-50(54-51)33-18-8-3-9-19-33/h1-30H. The quantitative estimate of drug-likeness (QED) is 0.176. The van der Waals surface area contributed by atoms with Gasteiger partial charge >= 0.3 is 0 Å². The molecule has 0 aliphatic carbocycles. The third kappa shape index (κ3) is 5.04. The first-order valence-corrected chi connectivity index (χ1v) is 19.8. The third-order valence-electron chi connectivity index (χ3n) is 11.0. The van der Waals surface area contributed by atoms with Crippen LogP contribution in [0.15, 0.2) is 186 Å². The average molecular weight is 747 g/mol. The van der Waals surface area contributed by atoms with Crippen LogP contribution in [-0.2, 0) is 0 Å². The molecule has 0 aliphatic rings. The minimum absolute atomic E-state index is 0.626. The van der Waals surface area contributed by atoms with Gasteiger partial charge in [0.2, 0.25) is 0 Å². The first-order chi connectivity index (χ1) is 28.2. The molecule has 12 rings (SSSR count). The number of thiophene rings is 1. The first-order valence-electron chi connectivity index (χ1n) is 19.0. The van der Waals surface area contributed by atoms with E-state index in [-0.39, 0.29) is 0 Å². The SMILES string of the molecule is c1ccc(-c2ccc3c(c2)c2ccccc2n3-c2cc(-c3nc(-c4ccccc4)nc(-c4ccccc4)n3)c3sc4ccc5oc6ccccc6c5c4c3c2)cc1. The molecule has 0 N–H and O–H groups in total. The van der Waals surface area contributed by atoms with Crippen molar-refractivity contribution < 1.29 is 4.42 Å². The molecule has 0 saturated heterocycles. The van der Waals surface area contributed by atoms with Crippen molar-refractivity contribution >= 4 is 75.3 Å². The molecular weight excluding hydrogens is 717 g/mol. The van der Waals surface area contributed by atoms with Crippen LogP contribution >= 0.6 is 11.3 Å². The minimum Gasteiger partial charge on any atom is -0.456 e. The van der Waals surface area contributed by atoms with Crippen LogP contribution in [-0.4, -0.2) is 19.5 Å². The third-order valence-corrected chi connectivity index (χ3v) is 12.2. The second-order valence-electron chi connectivity index (χ2n) is 14.4. The Hall–Kier alpha value is -7.41. The van der Waals surface area contributed by atoms with Crippen LogP contribution in [0, 0.1) is 0 Å². The molecule has 4 heterocycles. The summed E-state index contributed by atoms with van der Waals surface area (Å²) in [6, 6.07) is 63.8. The van der Waals surface area contributed by atoms with Crippen LogP contribution in [0.5, 0.6) is 0 Å². The van der Waals surface area contributed by atoms with Gasteiger partial charge in [0.15, 0.2) is 17.5 Å². The predicted octanol–water partition coefficient (Wildman–Crippen LogP) is 13.9. The Morgan fingerprint density at radius 2 is 1.02 bits per heavy atom. The van der Waals surface area contributed by atoms with Crippen LogP contribution in [0.1, 0.15) is 0 Å². The van der Waals surface area contributed by atoms with E-state index in [1.165, 1.54) is 32.0 Å². The van der Waals surface area contributed by atoms with Crippen molar-refractivity contribution in [3.63, 3.8) is 0 Å².